The Morgan fingerprint density at radius 3 is 2.55 bits per heavy atom. The zero-order valence-electron chi connectivity index (χ0n) is 22.1. The van der Waals surface area contributed by atoms with Crippen molar-refractivity contribution in [3.8, 4) is 5.75 Å². The summed E-state index contributed by atoms with van der Waals surface area (Å²) in [5, 5.41) is 22.9. The quantitative estimate of drug-likeness (QED) is 0.0653. The highest BCUT2D eigenvalue weighted by Crippen LogP contribution is 2.44. The molecule has 0 spiro atoms. The van der Waals surface area contributed by atoms with Crippen LogP contribution in [0.3, 0.4) is 0 Å². The lowest BCUT2D eigenvalue weighted by molar-refractivity contribution is -0.384. The standard InChI is InChI=1S/C28H27N3O8S/c1-4-6-14-39-20-12-10-17(11-13-20)23(32)21-22(18-8-7-9-19(15-18)31(36)37)30(26(34)24(21)33)28-29-16(3)25(40-28)27(35)38-5-2/h7-13,15,22,32H,4-6,14H2,1-3H3/t22-/m0/s1. The highest BCUT2D eigenvalue weighted by molar-refractivity contribution is 7.17. The maximum absolute atomic E-state index is 13.4. The first-order valence-corrected chi connectivity index (χ1v) is 13.4. The molecule has 0 radical (unpaired) electrons. The van der Waals surface area contributed by atoms with Crippen LogP contribution in [-0.2, 0) is 14.3 Å². The molecule has 1 fully saturated rings. The Hall–Kier alpha value is -4.58. The topological polar surface area (TPSA) is 149 Å². The van der Waals surface area contributed by atoms with Gasteiger partial charge >= 0.3 is 11.9 Å². The predicted molar refractivity (Wildman–Crippen MR) is 148 cm³/mol. The van der Waals surface area contributed by atoms with Gasteiger partial charge in [0.15, 0.2) is 5.13 Å². The molecule has 1 aliphatic rings. The van der Waals surface area contributed by atoms with E-state index >= 15 is 0 Å². The van der Waals surface area contributed by atoms with Crippen LogP contribution in [0.2, 0.25) is 0 Å². The third kappa shape index (κ3) is 5.57. The van der Waals surface area contributed by atoms with Gasteiger partial charge in [-0.05, 0) is 50.1 Å². The first-order chi connectivity index (χ1) is 19.2. The van der Waals surface area contributed by atoms with Crippen molar-refractivity contribution < 1.29 is 33.9 Å². The molecule has 0 bridgehead atoms. The summed E-state index contributed by atoms with van der Waals surface area (Å²) in [4.78, 5) is 55.7. The fraction of sp³-hybridized carbons (Fsp3) is 0.286. The molecule has 11 nitrogen and oxygen atoms in total. The van der Waals surface area contributed by atoms with Crippen molar-refractivity contribution in [2.24, 2.45) is 0 Å². The normalized spacial score (nSPS) is 16.3. The van der Waals surface area contributed by atoms with Crippen LogP contribution >= 0.6 is 11.3 Å². The Morgan fingerprint density at radius 1 is 1.18 bits per heavy atom. The summed E-state index contributed by atoms with van der Waals surface area (Å²) < 4.78 is 10.7. The first-order valence-electron chi connectivity index (χ1n) is 12.6. The van der Waals surface area contributed by atoms with Gasteiger partial charge in [-0.1, -0.05) is 36.8 Å². The second-order valence-corrected chi connectivity index (χ2v) is 9.86. The van der Waals surface area contributed by atoms with Crippen molar-refractivity contribution >= 4 is 45.6 Å². The van der Waals surface area contributed by atoms with Gasteiger partial charge in [0.25, 0.3) is 11.5 Å². The van der Waals surface area contributed by atoms with Crippen LogP contribution < -0.4 is 9.64 Å². The van der Waals surface area contributed by atoms with Crippen LogP contribution in [0, 0.1) is 17.0 Å². The number of thiazole rings is 1. The molecule has 1 aliphatic heterocycles. The zero-order chi connectivity index (χ0) is 29.0. The number of nitro groups is 1. The molecule has 4 rings (SSSR count). The number of non-ortho nitro benzene ring substituents is 1. The van der Waals surface area contributed by atoms with E-state index in [0.29, 0.717) is 12.4 Å². The van der Waals surface area contributed by atoms with Gasteiger partial charge < -0.3 is 14.6 Å². The molecule has 1 amide bonds. The number of anilines is 1. The molecule has 208 valence electrons. The fourth-order valence-electron chi connectivity index (χ4n) is 4.22. The third-order valence-electron chi connectivity index (χ3n) is 6.19. The number of rotatable bonds is 10. The fourth-order valence-corrected chi connectivity index (χ4v) is 5.21. The molecule has 1 atom stereocenters. The average Bonchev–Trinajstić information content (AvgIpc) is 3.45. The summed E-state index contributed by atoms with van der Waals surface area (Å²) in [6.45, 7) is 5.92. The molecule has 12 heteroatoms. The smallest absolute Gasteiger partial charge is 0.350 e. The number of carbonyl (C=O) groups is 3. The number of amides is 1. The van der Waals surface area contributed by atoms with E-state index in [2.05, 4.69) is 4.98 Å². The average molecular weight is 566 g/mol. The molecule has 1 aromatic heterocycles. The van der Waals surface area contributed by atoms with E-state index in [-0.39, 0.29) is 44.7 Å². The van der Waals surface area contributed by atoms with E-state index < -0.39 is 34.4 Å². The van der Waals surface area contributed by atoms with E-state index in [1.807, 2.05) is 6.92 Å². The van der Waals surface area contributed by atoms with Crippen molar-refractivity contribution in [1.82, 2.24) is 4.98 Å². The number of hydrogen-bond donors (Lipinski definition) is 1. The molecule has 1 saturated heterocycles. The summed E-state index contributed by atoms with van der Waals surface area (Å²) in [5.41, 5.74) is 0.213. The Morgan fingerprint density at radius 2 is 1.90 bits per heavy atom. The van der Waals surface area contributed by atoms with Crippen LogP contribution in [0.4, 0.5) is 10.8 Å². The number of aryl methyl sites for hydroxylation is 1. The van der Waals surface area contributed by atoms with E-state index in [9.17, 15) is 29.6 Å². The lowest BCUT2D eigenvalue weighted by Gasteiger charge is -2.22. The van der Waals surface area contributed by atoms with Gasteiger partial charge in [0.2, 0.25) is 0 Å². The summed E-state index contributed by atoms with van der Waals surface area (Å²) in [5.74, 6) is -2.51. The third-order valence-corrected chi connectivity index (χ3v) is 7.32. The molecule has 1 N–H and O–H groups in total. The summed E-state index contributed by atoms with van der Waals surface area (Å²) in [7, 11) is 0. The highest BCUT2D eigenvalue weighted by Gasteiger charge is 2.48. The number of aromatic nitrogens is 1. The summed E-state index contributed by atoms with van der Waals surface area (Å²) in [6, 6.07) is 10.6. The van der Waals surface area contributed by atoms with Crippen LogP contribution in [0.5, 0.6) is 5.75 Å². The minimum atomic E-state index is -1.25. The highest BCUT2D eigenvalue weighted by atomic mass is 32.1. The second kappa shape index (κ2) is 12.1. The van der Waals surface area contributed by atoms with E-state index in [1.54, 1.807) is 38.1 Å². The Balaban J connectivity index is 1.85. The molecular weight excluding hydrogens is 538 g/mol. The monoisotopic (exact) mass is 565 g/mol. The molecule has 0 unspecified atom stereocenters. The zero-order valence-corrected chi connectivity index (χ0v) is 22.9. The van der Waals surface area contributed by atoms with E-state index in [0.717, 1.165) is 29.1 Å². The SMILES string of the molecule is CCCCOc1ccc(C(O)=C2C(=O)C(=O)N(c3nc(C)c(C(=O)OCC)s3)[C@H]2c2cccc([N+](=O)[O-])c2)cc1. The Bertz CT molecular complexity index is 1500. The second-order valence-electron chi connectivity index (χ2n) is 8.88. The van der Waals surface area contributed by atoms with Crippen molar-refractivity contribution in [2.45, 2.75) is 39.7 Å². The van der Waals surface area contributed by atoms with Gasteiger partial charge in [-0.3, -0.25) is 24.6 Å². The molecule has 40 heavy (non-hydrogen) atoms. The van der Waals surface area contributed by atoms with Gasteiger partial charge in [0.05, 0.1) is 35.4 Å². The number of aliphatic hydroxyl groups is 1. The van der Waals surface area contributed by atoms with Gasteiger partial charge in [-0.25, -0.2) is 9.78 Å². The number of carbonyl (C=O) groups excluding carboxylic acids is 3. The van der Waals surface area contributed by atoms with E-state index in [1.165, 1.54) is 24.3 Å². The van der Waals surface area contributed by atoms with Crippen molar-refractivity contribution in [3.63, 3.8) is 0 Å². The number of benzene rings is 2. The Labute approximate surface area is 233 Å². The van der Waals surface area contributed by atoms with Gasteiger partial charge in [0, 0.05) is 17.7 Å². The lowest BCUT2D eigenvalue weighted by atomic mass is 9.95. The van der Waals surface area contributed by atoms with Gasteiger partial charge in [-0.15, -0.1) is 0 Å². The summed E-state index contributed by atoms with van der Waals surface area (Å²) >= 11 is 0.853. The van der Waals surface area contributed by atoms with Gasteiger partial charge in [0.1, 0.15) is 16.4 Å². The first kappa shape index (κ1) is 28.4. The molecular formula is C28H27N3O8S. The number of unbranched alkanes of at least 4 members (excludes halogenated alkanes) is 1. The number of Topliss-reactive ketones (excluding diaryl/α,β-unsaturated/α-hetero) is 1. The lowest BCUT2D eigenvalue weighted by Crippen LogP contribution is -2.29. The number of esters is 1. The number of aliphatic hydroxyl groups excluding tert-OH is 1. The minimum Gasteiger partial charge on any atom is -0.507 e. The maximum atomic E-state index is 13.4. The van der Waals surface area contributed by atoms with Crippen LogP contribution in [0.1, 0.15) is 59.2 Å². The molecule has 2 aromatic carbocycles. The minimum absolute atomic E-state index is 0.0119. The number of ether oxygens (including phenoxy) is 2. The number of nitrogens with zero attached hydrogens (tertiary/aromatic N) is 3. The summed E-state index contributed by atoms with van der Waals surface area (Å²) in [6.07, 6.45) is 1.85. The molecule has 0 aliphatic carbocycles. The van der Waals surface area contributed by atoms with Crippen LogP contribution in [0.15, 0.2) is 54.1 Å². The predicted octanol–water partition coefficient (Wildman–Crippen LogP) is 5.34. The van der Waals surface area contributed by atoms with Gasteiger partial charge in [-0.2, -0.15) is 0 Å². The molecule has 3 aromatic rings. The number of hydrogen-bond acceptors (Lipinski definition) is 10. The maximum Gasteiger partial charge on any atom is 0.350 e. The number of nitro benzene ring substituents is 1. The van der Waals surface area contributed by atoms with Crippen molar-refractivity contribution in [3.05, 3.63) is 85.9 Å². The van der Waals surface area contributed by atoms with Crippen LogP contribution in [0.25, 0.3) is 5.76 Å². The van der Waals surface area contributed by atoms with Crippen LogP contribution in [-0.4, -0.2) is 45.9 Å². The van der Waals surface area contributed by atoms with Crippen molar-refractivity contribution in [1.29, 1.82) is 0 Å². The number of ketones is 1. The molecule has 0 saturated carbocycles. The largest absolute Gasteiger partial charge is 0.507 e. The van der Waals surface area contributed by atoms with Crippen molar-refractivity contribution in [2.75, 3.05) is 18.1 Å². The van der Waals surface area contributed by atoms with E-state index in [4.69, 9.17) is 9.47 Å². The Kier molecular flexibility index (Phi) is 8.58. The molecule has 2 heterocycles.